The largest absolute Gasteiger partial charge is 0.345 e. The molecule has 16 heavy (non-hydrogen) atoms. The van der Waals surface area contributed by atoms with Gasteiger partial charge in [-0.15, -0.1) is 0 Å². The molecule has 0 fully saturated rings. The molecule has 0 aromatic carbocycles. The smallest absolute Gasteiger partial charge is 0.236 e. The van der Waals surface area contributed by atoms with E-state index in [4.69, 9.17) is 0 Å². The number of carbonyl (C=O) groups excluding carboxylic acids is 1. The van der Waals surface area contributed by atoms with Crippen LogP contribution in [0.2, 0.25) is 0 Å². The molecule has 0 radical (unpaired) electrons. The van der Waals surface area contributed by atoms with Gasteiger partial charge in [0.05, 0.1) is 6.54 Å². The van der Waals surface area contributed by atoms with Gasteiger partial charge in [-0.05, 0) is 31.5 Å². The van der Waals surface area contributed by atoms with Crippen LogP contribution >= 0.6 is 0 Å². The molecule has 0 bridgehead atoms. The highest BCUT2D eigenvalue weighted by Gasteiger charge is 2.04. The maximum Gasteiger partial charge on any atom is 0.236 e. The van der Waals surface area contributed by atoms with Crippen LogP contribution in [0.5, 0.6) is 0 Å². The minimum absolute atomic E-state index is 0.133. The van der Waals surface area contributed by atoms with Gasteiger partial charge in [0.25, 0.3) is 0 Å². The Balaban J connectivity index is 2.15. The average Bonchev–Trinajstić information content (AvgIpc) is 2.34. The number of likely N-dealkylation sites (N-methyl/N-ethyl adjacent to an activating group) is 1. The van der Waals surface area contributed by atoms with E-state index in [9.17, 15) is 4.79 Å². The van der Waals surface area contributed by atoms with Crippen molar-refractivity contribution in [1.29, 1.82) is 0 Å². The number of pyridine rings is 1. The Morgan fingerprint density at radius 2 is 2.38 bits per heavy atom. The third-order valence-electron chi connectivity index (χ3n) is 2.49. The number of amides is 1. The van der Waals surface area contributed by atoms with Crippen molar-refractivity contribution < 1.29 is 4.79 Å². The van der Waals surface area contributed by atoms with Gasteiger partial charge in [-0.25, -0.2) is 0 Å². The molecular formula is C12H19N3O. The lowest BCUT2D eigenvalue weighted by molar-refractivity contribution is -0.128. The third kappa shape index (κ3) is 4.40. The number of rotatable bonds is 6. The molecule has 0 aliphatic heterocycles. The molecular weight excluding hydrogens is 202 g/mol. The summed E-state index contributed by atoms with van der Waals surface area (Å²) in [5.41, 5.74) is 1.19. The molecule has 0 saturated carbocycles. The van der Waals surface area contributed by atoms with Crippen LogP contribution < -0.4 is 5.32 Å². The van der Waals surface area contributed by atoms with E-state index >= 15 is 0 Å². The van der Waals surface area contributed by atoms with Crippen LogP contribution in [0, 0.1) is 0 Å². The van der Waals surface area contributed by atoms with Crippen LogP contribution in [0.25, 0.3) is 0 Å². The highest BCUT2D eigenvalue weighted by Crippen LogP contribution is 1.95. The molecule has 88 valence electrons. The molecule has 0 spiro atoms. The molecule has 4 heteroatoms. The maximum absolute atomic E-state index is 11.4. The Bertz CT molecular complexity index is 313. The summed E-state index contributed by atoms with van der Waals surface area (Å²) in [6.45, 7) is 3.93. The first-order valence-corrected chi connectivity index (χ1v) is 5.57. The third-order valence-corrected chi connectivity index (χ3v) is 2.49. The average molecular weight is 221 g/mol. The Hall–Kier alpha value is -1.42. The molecule has 1 heterocycles. The molecule has 1 aromatic heterocycles. The zero-order valence-corrected chi connectivity index (χ0v) is 9.94. The quantitative estimate of drug-likeness (QED) is 0.719. The molecule has 1 rings (SSSR count). The fraction of sp³-hybridized carbons (Fsp3) is 0.500. The summed E-state index contributed by atoms with van der Waals surface area (Å²) < 4.78 is 0. The van der Waals surface area contributed by atoms with Crippen molar-refractivity contribution in [3.8, 4) is 0 Å². The Morgan fingerprint density at radius 3 is 3.00 bits per heavy atom. The minimum atomic E-state index is 0.133. The molecule has 4 nitrogen and oxygen atoms in total. The molecule has 0 atom stereocenters. The highest BCUT2D eigenvalue weighted by atomic mass is 16.2. The first kappa shape index (κ1) is 12.6. The van der Waals surface area contributed by atoms with Crippen molar-refractivity contribution in [3.05, 3.63) is 30.1 Å². The van der Waals surface area contributed by atoms with Crippen LogP contribution in [0.4, 0.5) is 0 Å². The van der Waals surface area contributed by atoms with Gasteiger partial charge in [-0.1, -0.05) is 6.07 Å². The molecule has 0 aliphatic carbocycles. The van der Waals surface area contributed by atoms with E-state index in [2.05, 4.69) is 10.3 Å². The van der Waals surface area contributed by atoms with Gasteiger partial charge in [0.1, 0.15) is 0 Å². The van der Waals surface area contributed by atoms with E-state index in [0.29, 0.717) is 6.54 Å². The van der Waals surface area contributed by atoms with Crippen LogP contribution in [0.3, 0.4) is 0 Å². The second kappa shape index (κ2) is 6.95. The molecule has 1 aromatic rings. The van der Waals surface area contributed by atoms with E-state index in [0.717, 1.165) is 19.5 Å². The summed E-state index contributed by atoms with van der Waals surface area (Å²) >= 11 is 0. The van der Waals surface area contributed by atoms with Crippen molar-refractivity contribution in [2.45, 2.75) is 13.3 Å². The summed E-state index contributed by atoms with van der Waals surface area (Å²) in [6, 6.07) is 3.96. The SMILES string of the molecule is CCN(C)C(=O)CNCCc1cccnc1. The maximum atomic E-state index is 11.4. The van der Waals surface area contributed by atoms with Gasteiger partial charge in [0.15, 0.2) is 0 Å². The van der Waals surface area contributed by atoms with Gasteiger partial charge in [-0.3, -0.25) is 9.78 Å². The molecule has 0 unspecified atom stereocenters. The number of nitrogens with one attached hydrogen (secondary N) is 1. The monoisotopic (exact) mass is 221 g/mol. The fourth-order valence-corrected chi connectivity index (χ4v) is 1.29. The number of aromatic nitrogens is 1. The van der Waals surface area contributed by atoms with Crippen molar-refractivity contribution in [2.75, 3.05) is 26.7 Å². The molecule has 1 N–H and O–H groups in total. The van der Waals surface area contributed by atoms with Gasteiger partial charge < -0.3 is 10.2 Å². The van der Waals surface area contributed by atoms with Gasteiger partial charge in [0.2, 0.25) is 5.91 Å². The van der Waals surface area contributed by atoms with Crippen LogP contribution in [0.1, 0.15) is 12.5 Å². The topological polar surface area (TPSA) is 45.2 Å². The highest BCUT2D eigenvalue weighted by molar-refractivity contribution is 5.77. The van der Waals surface area contributed by atoms with E-state index in [1.807, 2.05) is 32.3 Å². The zero-order valence-electron chi connectivity index (χ0n) is 9.94. The van der Waals surface area contributed by atoms with E-state index in [1.165, 1.54) is 5.56 Å². The van der Waals surface area contributed by atoms with E-state index in [1.54, 1.807) is 11.1 Å². The van der Waals surface area contributed by atoms with Gasteiger partial charge in [-0.2, -0.15) is 0 Å². The zero-order chi connectivity index (χ0) is 11.8. The van der Waals surface area contributed by atoms with Gasteiger partial charge >= 0.3 is 0 Å². The lowest BCUT2D eigenvalue weighted by Crippen LogP contribution is -2.36. The van der Waals surface area contributed by atoms with Crippen LogP contribution in [0.15, 0.2) is 24.5 Å². The number of hydrogen-bond donors (Lipinski definition) is 1. The number of hydrogen-bond acceptors (Lipinski definition) is 3. The Kier molecular flexibility index (Phi) is 5.50. The summed E-state index contributed by atoms with van der Waals surface area (Å²) in [5.74, 6) is 0.133. The lowest BCUT2D eigenvalue weighted by Gasteiger charge is -2.14. The second-order valence-electron chi connectivity index (χ2n) is 3.70. The van der Waals surface area contributed by atoms with Crippen molar-refractivity contribution in [2.24, 2.45) is 0 Å². The summed E-state index contributed by atoms with van der Waals surface area (Å²) in [5, 5.41) is 3.13. The Morgan fingerprint density at radius 1 is 1.56 bits per heavy atom. The van der Waals surface area contributed by atoms with E-state index < -0.39 is 0 Å². The van der Waals surface area contributed by atoms with Crippen molar-refractivity contribution in [1.82, 2.24) is 15.2 Å². The van der Waals surface area contributed by atoms with Crippen LogP contribution in [-0.2, 0) is 11.2 Å². The Labute approximate surface area is 96.7 Å². The summed E-state index contributed by atoms with van der Waals surface area (Å²) in [4.78, 5) is 17.2. The lowest BCUT2D eigenvalue weighted by atomic mass is 10.2. The molecule has 0 aliphatic rings. The first-order chi connectivity index (χ1) is 7.74. The summed E-state index contributed by atoms with van der Waals surface area (Å²) in [6.07, 6.45) is 4.51. The first-order valence-electron chi connectivity index (χ1n) is 5.57. The normalized spacial score (nSPS) is 10.1. The standard InChI is InChI=1S/C12H19N3O/c1-3-15(2)12(16)10-14-8-6-11-5-4-7-13-9-11/h4-5,7,9,14H,3,6,8,10H2,1-2H3. The molecule has 1 amide bonds. The minimum Gasteiger partial charge on any atom is -0.345 e. The fourth-order valence-electron chi connectivity index (χ4n) is 1.29. The number of nitrogens with zero attached hydrogens (tertiary/aromatic N) is 2. The molecule has 0 saturated heterocycles. The predicted molar refractivity (Wildman–Crippen MR) is 64.1 cm³/mol. The van der Waals surface area contributed by atoms with Crippen molar-refractivity contribution >= 4 is 5.91 Å². The number of carbonyl (C=O) groups is 1. The predicted octanol–water partition coefficient (Wildman–Crippen LogP) is 0.692. The van der Waals surface area contributed by atoms with E-state index in [-0.39, 0.29) is 5.91 Å². The summed E-state index contributed by atoms with van der Waals surface area (Å²) in [7, 11) is 1.81. The van der Waals surface area contributed by atoms with Gasteiger partial charge in [0, 0.05) is 26.0 Å². The van der Waals surface area contributed by atoms with Crippen molar-refractivity contribution in [3.63, 3.8) is 0 Å². The van der Waals surface area contributed by atoms with Crippen LogP contribution in [-0.4, -0.2) is 42.5 Å². The second-order valence-corrected chi connectivity index (χ2v) is 3.70.